The third-order valence-electron chi connectivity index (χ3n) is 4.29. The Hall–Kier alpha value is -3.61. The van der Waals surface area contributed by atoms with Gasteiger partial charge in [-0.15, -0.1) is 0 Å². The number of aryl methyl sites for hydroxylation is 1. The van der Waals surface area contributed by atoms with E-state index in [-0.39, 0.29) is 24.5 Å². The summed E-state index contributed by atoms with van der Waals surface area (Å²) in [6.45, 7) is 5.31. The van der Waals surface area contributed by atoms with E-state index in [1.165, 1.54) is 0 Å². The van der Waals surface area contributed by atoms with Crippen molar-refractivity contribution >= 4 is 39.4 Å². The summed E-state index contributed by atoms with van der Waals surface area (Å²) >= 11 is 0. The minimum Gasteiger partial charge on any atom is -0.462 e. The fourth-order valence-electron chi connectivity index (χ4n) is 3.00. The maximum Gasteiger partial charge on any atom is 0.360 e. The van der Waals surface area contributed by atoms with E-state index in [1.807, 2.05) is 37.3 Å². The van der Waals surface area contributed by atoms with Crippen LogP contribution in [0.25, 0.3) is 21.7 Å². The van der Waals surface area contributed by atoms with E-state index in [9.17, 15) is 14.4 Å². The fourth-order valence-corrected chi connectivity index (χ4v) is 3.00. The average Bonchev–Trinajstić information content (AvgIpc) is 2.69. The number of hydrogen-bond donors (Lipinski definition) is 1. The van der Waals surface area contributed by atoms with Gasteiger partial charge in [0.25, 0.3) is 0 Å². The van der Waals surface area contributed by atoms with Gasteiger partial charge in [-0.1, -0.05) is 24.3 Å². The highest BCUT2D eigenvalue weighted by atomic mass is 16.6. The van der Waals surface area contributed by atoms with Crippen LogP contribution in [0.15, 0.2) is 57.4 Å². The molecule has 2 aromatic carbocycles. The topological polar surface area (TPSA) is 94.8 Å². The molecule has 0 aliphatic rings. The van der Waals surface area contributed by atoms with Gasteiger partial charge in [0.15, 0.2) is 5.57 Å². The second kappa shape index (κ2) is 8.60. The summed E-state index contributed by atoms with van der Waals surface area (Å²) in [6.07, 6.45) is 1.10. The molecule has 0 atom stereocenters. The van der Waals surface area contributed by atoms with Gasteiger partial charge in [-0.3, -0.25) is 0 Å². The molecule has 1 aromatic heterocycles. The molecule has 0 radical (unpaired) electrons. The number of anilines is 1. The first-order valence-electron chi connectivity index (χ1n) is 9.23. The Morgan fingerprint density at radius 1 is 1.03 bits per heavy atom. The minimum atomic E-state index is -0.843. The zero-order valence-electron chi connectivity index (χ0n) is 16.4. The number of rotatable bonds is 6. The van der Waals surface area contributed by atoms with Crippen molar-refractivity contribution < 1.29 is 23.5 Å². The highest BCUT2D eigenvalue weighted by Gasteiger charge is 2.21. The van der Waals surface area contributed by atoms with Crippen molar-refractivity contribution in [1.82, 2.24) is 0 Å². The van der Waals surface area contributed by atoms with E-state index >= 15 is 0 Å². The monoisotopic (exact) mass is 395 g/mol. The molecular weight excluding hydrogens is 374 g/mol. The summed E-state index contributed by atoms with van der Waals surface area (Å²) < 4.78 is 15.3. The Labute approximate surface area is 166 Å². The Morgan fingerprint density at radius 2 is 1.69 bits per heavy atom. The summed E-state index contributed by atoms with van der Waals surface area (Å²) in [5.74, 6) is -1.69. The van der Waals surface area contributed by atoms with Crippen LogP contribution in [0.5, 0.6) is 0 Å². The quantitative estimate of drug-likeness (QED) is 0.170. The van der Waals surface area contributed by atoms with Crippen molar-refractivity contribution in [3.8, 4) is 0 Å². The third kappa shape index (κ3) is 4.13. The molecule has 7 nitrogen and oxygen atoms in total. The molecule has 1 N–H and O–H groups in total. The van der Waals surface area contributed by atoms with Crippen molar-refractivity contribution in [3.05, 3.63) is 64.2 Å². The number of carbonyl (C=O) groups is 2. The van der Waals surface area contributed by atoms with Crippen LogP contribution in [0.1, 0.15) is 19.4 Å². The first-order chi connectivity index (χ1) is 14.0. The lowest BCUT2D eigenvalue weighted by molar-refractivity contribution is -0.146. The number of ether oxygens (including phenoxy) is 2. The lowest BCUT2D eigenvalue weighted by Crippen LogP contribution is -2.20. The van der Waals surface area contributed by atoms with E-state index < -0.39 is 17.6 Å². The summed E-state index contributed by atoms with van der Waals surface area (Å²) in [7, 11) is 0. The highest BCUT2D eigenvalue weighted by molar-refractivity contribution is 6.14. The van der Waals surface area contributed by atoms with Gasteiger partial charge in [0.2, 0.25) is 0 Å². The van der Waals surface area contributed by atoms with Crippen LogP contribution in [0.2, 0.25) is 0 Å². The van der Waals surface area contributed by atoms with Crippen LogP contribution in [-0.2, 0) is 19.1 Å². The zero-order valence-corrected chi connectivity index (χ0v) is 16.4. The molecule has 0 spiro atoms. The van der Waals surface area contributed by atoms with Crippen LogP contribution in [0.3, 0.4) is 0 Å². The normalized spacial score (nSPS) is 10.6. The van der Waals surface area contributed by atoms with Crippen molar-refractivity contribution in [1.29, 1.82) is 0 Å². The predicted octanol–water partition coefficient (Wildman–Crippen LogP) is 3.68. The summed E-state index contributed by atoms with van der Waals surface area (Å²) in [5.41, 5.74) is 0.428. The number of nitrogens with one attached hydrogen (secondary N) is 1. The van der Waals surface area contributed by atoms with Crippen LogP contribution >= 0.6 is 0 Å². The largest absolute Gasteiger partial charge is 0.462 e. The lowest BCUT2D eigenvalue weighted by Gasteiger charge is -2.09. The maximum atomic E-state index is 12.4. The molecular formula is C22H21NO6. The molecule has 7 heteroatoms. The van der Waals surface area contributed by atoms with Gasteiger partial charge in [-0.25, -0.2) is 14.4 Å². The van der Waals surface area contributed by atoms with Gasteiger partial charge in [0.1, 0.15) is 11.3 Å². The standard InChI is InChI=1S/C22H21NO6/c1-4-27-20(24)17(21(25)28-5-2)12-23-18-11-16-15-9-7-6-8-14(15)10-13(3)19(16)29-22(18)26/h6-12,23H,4-5H2,1-3H3. The molecule has 0 bridgehead atoms. The van der Waals surface area contributed by atoms with E-state index in [4.69, 9.17) is 13.9 Å². The molecule has 0 aliphatic carbocycles. The molecule has 0 amide bonds. The first-order valence-corrected chi connectivity index (χ1v) is 9.23. The second-order valence-corrected chi connectivity index (χ2v) is 6.25. The zero-order chi connectivity index (χ0) is 21.0. The Kier molecular flexibility index (Phi) is 5.97. The second-order valence-electron chi connectivity index (χ2n) is 6.25. The lowest BCUT2D eigenvalue weighted by atomic mass is 10.0. The smallest absolute Gasteiger partial charge is 0.360 e. The van der Waals surface area contributed by atoms with Crippen LogP contribution in [0, 0.1) is 6.92 Å². The van der Waals surface area contributed by atoms with Crippen molar-refractivity contribution in [2.75, 3.05) is 18.5 Å². The molecule has 0 saturated heterocycles. The number of esters is 2. The fraction of sp³-hybridized carbons (Fsp3) is 0.227. The summed E-state index contributed by atoms with van der Waals surface area (Å²) in [6, 6.07) is 11.3. The predicted molar refractivity (Wildman–Crippen MR) is 110 cm³/mol. The molecule has 0 unspecified atom stereocenters. The van der Waals surface area contributed by atoms with Crippen LogP contribution < -0.4 is 10.9 Å². The van der Waals surface area contributed by atoms with Crippen LogP contribution in [-0.4, -0.2) is 25.2 Å². The molecule has 0 saturated carbocycles. The molecule has 3 rings (SSSR count). The Bertz CT molecular complexity index is 1160. The van der Waals surface area contributed by atoms with Crippen molar-refractivity contribution in [2.45, 2.75) is 20.8 Å². The van der Waals surface area contributed by atoms with Gasteiger partial charge in [0.05, 0.1) is 13.2 Å². The molecule has 3 aromatic rings. The van der Waals surface area contributed by atoms with E-state index in [0.717, 1.165) is 27.9 Å². The average molecular weight is 395 g/mol. The number of fused-ring (bicyclic) bond motifs is 3. The molecule has 0 fully saturated rings. The SMILES string of the molecule is CCOC(=O)C(=CNc1cc2c(oc1=O)c(C)cc1ccccc12)C(=O)OCC. The summed E-state index contributed by atoms with van der Waals surface area (Å²) in [4.78, 5) is 36.6. The number of hydrogen-bond acceptors (Lipinski definition) is 7. The van der Waals surface area contributed by atoms with E-state index in [1.54, 1.807) is 19.9 Å². The van der Waals surface area contributed by atoms with Crippen molar-refractivity contribution in [2.24, 2.45) is 0 Å². The van der Waals surface area contributed by atoms with E-state index in [2.05, 4.69) is 5.32 Å². The highest BCUT2D eigenvalue weighted by Crippen LogP contribution is 2.29. The van der Waals surface area contributed by atoms with Gasteiger partial charge in [0, 0.05) is 11.6 Å². The Balaban J connectivity index is 2.09. The van der Waals surface area contributed by atoms with Crippen LogP contribution in [0.4, 0.5) is 5.69 Å². The van der Waals surface area contributed by atoms with Gasteiger partial charge in [-0.05, 0) is 49.2 Å². The molecule has 29 heavy (non-hydrogen) atoms. The summed E-state index contributed by atoms with van der Waals surface area (Å²) in [5, 5.41) is 5.36. The number of benzene rings is 2. The van der Waals surface area contributed by atoms with Crippen molar-refractivity contribution in [3.63, 3.8) is 0 Å². The molecule has 1 heterocycles. The van der Waals surface area contributed by atoms with Gasteiger partial charge < -0.3 is 19.2 Å². The van der Waals surface area contributed by atoms with E-state index in [0.29, 0.717) is 5.58 Å². The maximum absolute atomic E-state index is 12.4. The third-order valence-corrected chi connectivity index (χ3v) is 4.29. The number of carbonyl (C=O) groups excluding carboxylic acids is 2. The molecule has 150 valence electrons. The first kappa shape index (κ1) is 20.1. The molecule has 0 aliphatic heterocycles. The Morgan fingerprint density at radius 3 is 2.34 bits per heavy atom. The van der Waals surface area contributed by atoms with Gasteiger partial charge >= 0.3 is 17.6 Å². The minimum absolute atomic E-state index is 0.0827. The van der Waals surface area contributed by atoms with Gasteiger partial charge in [-0.2, -0.15) is 0 Å².